The number of nitrogens with two attached hydrogens (primary N) is 1. The molecule has 3 rings (SSSR count). The third-order valence-corrected chi connectivity index (χ3v) is 4.45. The second kappa shape index (κ2) is 7.64. The zero-order chi connectivity index (χ0) is 16.1. The first kappa shape index (κ1) is 16.1. The molecule has 4 nitrogen and oxygen atoms in total. The van der Waals surface area contributed by atoms with Gasteiger partial charge in [-0.1, -0.05) is 65.8 Å². The Morgan fingerprint density at radius 2 is 1.74 bits per heavy atom. The summed E-state index contributed by atoms with van der Waals surface area (Å²) in [6.07, 6.45) is 0.671. The van der Waals surface area contributed by atoms with E-state index in [1.807, 2.05) is 54.6 Å². The summed E-state index contributed by atoms with van der Waals surface area (Å²) >= 11 is 7.36. The van der Waals surface area contributed by atoms with Crippen LogP contribution in [-0.4, -0.2) is 10.2 Å². The molecule has 1 heterocycles. The van der Waals surface area contributed by atoms with Crippen LogP contribution in [0.15, 0.2) is 64.2 Å². The van der Waals surface area contributed by atoms with E-state index in [9.17, 15) is 0 Å². The molecule has 0 bridgehead atoms. The van der Waals surface area contributed by atoms with Gasteiger partial charge in [0.15, 0.2) is 0 Å². The number of halogens is 1. The van der Waals surface area contributed by atoms with E-state index in [-0.39, 0.29) is 6.04 Å². The number of benzene rings is 2. The van der Waals surface area contributed by atoms with Crippen LogP contribution in [0.5, 0.6) is 0 Å². The van der Waals surface area contributed by atoms with Crippen molar-refractivity contribution in [3.05, 3.63) is 76.6 Å². The van der Waals surface area contributed by atoms with Crippen molar-refractivity contribution in [1.29, 1.82) is 0 Å². The van der Waals surface area contributed by atoms with Crippen molar-refractivity contribution in [3.63, 3.8) is 0 Å². The third kappa shape index (κ3) is 4.58. The van der Waals surface area contributed by atoms with Gasteiger partial charge in [0, 0.05) is 10.8 Å². The Morgan fingerprint density at radius 3 is 2.48 bits per heavy atom. The van der Waals surface area contributed by atoms with Crippen molar-refractivity contribution in [2.24, 2.45) is 5.73 Å². The lowest BCUT2D eigenvalue weighted by molar-refractivity contribution is 0.385. The van der Waals surface area contributed by atoms with Gasteiger partial charge in [-0.05, 0) is 29.7 Å². The highest BCUT2D eigenvalue weighted by atomic mass is 35.5. The van der Waals surface area contributed by atoms with E-state index in [1.54, 1.807) is 0 Å². The summed E-state index contributed by atoms with van der Waals surface area (Å²) in [6, 6.07) is 17.4. The predicted molar refractivity (Wildman–Crippen MR) is 92.4 cm³/mol. The molecule has 1 atom stereocenters. The predicted octanol–water partition coefficient (Wildman–Crippen LogP) is 4.26. The Labute approximate surface area is 144 Å². The van der Waals surface area contributed by atoms with Gasteiger partial charge in [0.25, 0.3) is 5.22 Å². The summed E-state index contributed by atoms with van der Waals surface area (Å²) in [5.74, 6) is 1.21. The van der Waals surface area contributed by atoms with E-state index < -0.39 is 0 Å². The lowest BCUT2D eigenvalue weighted by Crippen LogP contribution is -2.13. The maximum atomic E-state index is 6.14. The first-order chi connectivity index (χ1) is 11.2. The van der Waals surface area contributed by atoms with Crippen LogP contribution in [-0.2, 0) is 12.2 Å². The van der Waals surface area contributed by atoms with E-state index in [0.717, 1.165) is 21.9 Å². The van der Waals surface area contributed by atoms with E-state index in [2.05, 4.69) is 10.2 Å². The number of hydrogen-bond donors (Lipinski definition) is 1. The van der Waals surface area contributed by atoms with Gasteiger partial charge in [0.2, 0.25) is 5.89 Å². The summed E-state index contributed by atoms with van der Waals surface area (Å²) in [5.41, 5.74) is 8.44. The molecule has 6 heteroatoms. The Balaban J connectivity index is 1.58. The maximum absolute atomic E-state index is 6.14. The van der Waals surface area contributed by atoms with Crippen LogP contribution in [0.2, 0.25) is 5.02 Å². The van der Waals surface area contributed by atoms with Crippen LogP contribution in [0.1, 0.15) is 23.1 Å². The molecule has 3 aromatic rings. The van der Waals surface area contributed by atoms with Gasteiger partial charge in [-0.3, -0.25) is 0 Å². The minimum Gasteiger partial charge on any atom is -0.414 e. The van der Waals surface area contributed by atoms with Crippen LogP contribution in [0, 0.1) is 0 Å². The van der Waals surface area contributed by atoms with Crippen molar-refractivity contribution in [1.82, 2.24) is 10.2 Å². The quantitative estimate of drug-likeness (QED) is 0.676. The third-order valence-electron chi connectivity index (χ3n) is 3.31. The fourth-order valence-corrected chi connectivity index (χ4v) is 2.96. The van der Waals surface area contributed by atoms with Crippen LogP contribution >= 0.6 is 23.4 Å². The molecule has 0 radical (unpaired) electrons. The van der Waals surface area contributed by atoms with Crippen LogP contribution in [0.4, 0.5) is 0 Å². The topological polar surface area (TPSA) is 64.9 Å². The minimum atomic E-state index is -0.296. The second-order valence-corrected chi connectivity index (χ2v) is 6.48. The van der Waals surface area contributed by atoms with Crippen molar-refractivity contribution in [3.8, 4) is 0 Å². The molecule has 2 N–H and O–H groups in total. The molecule has 0 spiro atoms. The number of hydrogen-bond acceptors (Lipinski definition) is 5. The summed E-state index contributed by atoms with van der Waals surface area (Å²) in [5, 5.41) is 9.36. The Kier molecular flexibility index (Phi) is 5.33. The molecule has 0 saturated carbocycles. The van der Waals surface area contributed by atoms with Crippen LogP contribution < -0.4 is 5.73 Å². The molecule has 0 fully saturated rings. The Bertz CT molecular complexity index is 746. The number of nitrogens with zero attached hydrogens (tertiary/aromatic N) is 2. The summed E-state index contributed by atoms with van der Waals surface area (Å²) < 4.78 is 5.65. The lowest BCUT2D eigenvalue weighted by Gasteiger charge is -2.06. The maximum Gasteiger partial charge on any atom is 0.276 e. The molecule has 0 aliphatic rings. The number of thioether (sulfide) groups is 1. The van der Waals surface area contributed by atoms with Crippen LogP contribution in [0.25, 0.3) is 0 Å². The molecule has 0 saturated heterocycles. The Morgan fingerprint density at radius 1 is 1.00 bits per heavy atom. The first-order valence-corrected chi connectivity index (χ1v) is 8.57. The Hall–Kier alpha value is -1.82. The number of aromatic nitrogens is 2. The average Bonchev–Trinajstić information content (AvgIpc) is 3.04. The van der Waals surface area contributed by atoms with Gasteiger partial charge < -0.3 is 10.2 Å². The first-order valence-electron chi connectivity index (χ1n) is 7.21. The SMILES string of the molecule is N[C@@H](Cc1ccccc1)c1nnc(SCc2ccc(Cl)cc2)o1. The minimum absolute atomic E-state index is 0.296. The van der Waals surface area contributed by atoms with Gasteiger partial charge in [-0.15, -0.1) is 10.2 Å². The highest BCUT2D eigenvalue weighted by Crippen LogP contribution is 2.24. The number of rotatable bonds is 6. The molecule has 2 aromatic carbocycles. The molecular formula is C17H16ClN3OS. The molecule has 0 unspecified atom stereocenters. The molecule has 0 amide bonds. The standard InChI is InChI=1S/C17H16ClN3OS/c18-14-8-6-13(7-9-14)11-23-17-21-20-16(22-17)15(19)10-12-4-2-1-3-5-12/h1-9,15H,10-11,19H2/t15-/m0/s1. The van der Waals surface area contributed by atoms with Gasteiger partial charge in [0.05, 0.1) is 6.04 Å². The zero-order valence-corrected chi connectivity index (χ0v) is 13.9. The molecular weight excluding hydrogens is 330 g/mol. The van der Waals surface area contributed by atoms with Crippen molar-refractivity contribution >= 4 is 23.4 Å². The fourth-order valence-electron chi connectivity index (χ4n) is 2.11. The molecule has 118 valence electrons. The summed E-state index contributed by atoms with van der Waals surface area (Å²) in [4.78, 5) is 0. The monoisotopic (exact) mass is 345 g/mol. The fraction of sp³-hybridized carbons (Fsp3) is 0.176. The lowest BCUT2D eigenvalue weighted by atomic mass is 10.1. The average molecular weight is 346 g/mol. The van der Waals surface area contributed by atoms with Gasteiger partial charge >= 0.3 is 0 Å². The van der Waals surface area contributed by atoms with E-state index in [0.29, 0.717) is 17.5 Å². The molecule has 0 aliphatic heterocycles. The highest BCUT2D eigenvalue weighted by molar-refractivity contribution is 7.98. The summed E-state index contributed by atoms with van der Waals surface area (Å²) in [6.45, 7) is 0. The van der Waals surface area contributed by atoms with Gasteiger partial charge in [-0.25, -0.2) is 0 Å². The zero-order valence-electron chi connectivity index (χ0n) is 12.4. The molecule has 1 aromatic heterocycles. The van der Waals surface area contributed by atoms with E-state index >= 15 is 0 Å². The van der Waals surface area contributed by atoms with Crippen molar-refractivity contribution in [2.75, 3.05) is 0 Å². The van der Waals surface area contributed by atoms with Crippen molar-refractivity contribution < 1.29 is 4.42 Å². The van der Waals surface area contributed by atoms with Gasteiger partial charge in [0.1, 0.15) is 0 Å². The van der Waals surface area contributed by atoms with Gasteiger partial charge in [-0.2, -0.15) is 0 Å². The van der Waals surface area contributed by atoms with Crippen molar-refractivity contribution in [2.45, 2.75) is 23.4 Å². The van der Waals surface area contributed by atoms with E-state index in [4.69, 9.17) is 21.8 Å². The highest BCUT2D eigenvalue weighted by Gasteiger charge is 2.15. The normalized spacial score (nSPS) is 12.3. The largest absolute Gasteiger partial charge is 0.414 e. The second-order valence-electron chi connectivity index (χ2n) is 5.12. The molecule has 0 aliphatic carbocycles. The molecule has 23 heavy (non-hydrogen) atoms. The smallest absolute Gasteiger partial charge is 0.276 e. The van der Waals surface area contributed by atoms with Crippen LogP contribution in [0.3, 0.4) is 0 Å². The van der Waals surface area contributed by atoms with E-state index in [1.165, 1.54) is 11.8 Å². The summed E-state index contributed by atoms with van der Waals surface area (Å²) in [7, 11) is 0.